The van der Waals surface area contributed by atoms with Gasteiger partial charge in [-0.25, -0.2) is 9.71 Å². The van der Waals surface area contributed by atoms with E-state index in [2.05, 4.69) is 9.97 Å². The van der Waals surface area contributed by atoms with Gasteiger partial charge in [-0.05, 0) is 18.2 Å². The molecule has 3 heterocycles. The van der Waals surface area contributed by atoms with E-state index in [1.807, 2.05) is 15.9 Å². The van der Waals surface area contributed by atoms with Gasteiger partial charge in [0.15, 0.2) is 0 Å². The molecule has 0 bridgehead atoms. The van der Waals surface area contributed by atoms with Gasteiger partial charge in [-0.1, -0.05) is 18.2 Å². The number of imidazole rings is 1. The normalized spacial score (nSPS) is 15.1. The first-order chi connectivity index (χ1) is 13.4. The van der Waals surface area contributed by atoms with E-state index in [4.69, 9.17) is 0 Å². The summed E-state index contributed by atoms with van der Waals surface area (Å²) in [4.78, 5) is 11.5. The Labute approximate surface area is 159 Å². The molecule has 0 spiro atoms. The van der Waals surface area contributed by atoms with E-state index in [9.17, 15) is 18.4 Å². The molecule has 1 N–H and O–H groups in total. The van der Waals surface area contributed by atoms with E-state index >= 15 is 0 Å². The molecule has 1 fully saturated rings. The van der Waals surface area contributed by atoms with Gasteiger partial charge in [-0.2, -0.15) is 13.2 Å². The van der Waals surface area contributed by atoms with Gasteiger partial charge < -0.3 is 15.1 Å². The minimum Gasteiger partial charge on any atom is -0.711 e. The number of aromatic amines is 1. The third-order valence-electron chi connectivity index (χ3n) is 4.77. The monoisotopic (exact) mass is 389 g/mol. The number of benzene rings is 1. The second kappa shape index (κ2) is 7.06. The zero-order valence-electron chi connectivity index (χ0n) is 14.9. The molecule has 6 nitrogen and oxygen atoms in total. The summed E-state index contributed by atoms with van der Waals surface area (Å²) in [6, 6.07) is 10.4. The smallest absolute Gasteiger partial charge is 0.416 e. The van der Waals surface area contributed by atoms with Crippen molar-refractivity contribution < 1.29 is 17.9 Å². The molecule has 0 aliphatic carbocycles. The summed E-state index contributed by atoms with van der Waals surface area (Å²) in [5.41, 5.74) is 0.274. The molecule has 4 rings (SSSR count). The summed E-state index contributed by atoms with van der Waals surface area (Å²) < 4.78 is 39.6. The quantitative estimate of drug-likeness (QED) is 0.553. The molecule has 0 unspecified atom stereocenters. The van der Waals surface area contributed by atoms with E-state index in [0.717, 1.165) is 16.9 Å². The molecule has 2 aromatic heterocycles. The van der Waals surface area contributed by atoms with Gasteiger partial charge >= 0.3 is 6.18 Å². The van der Waals surface area contributed by atoms with Crippen LogP contribution in [0.5, 0.6) is 0 Å². The van der Waals surface area contributed by atoms with Gasteiger partial charge in [-0.15, -0.1) is 0 Å². The first kappa shape index (κ1) is 18.1. The highest BCUT2D eigenvalue weighted by molar-refractivity contribution is 5.62. The van der Waals surface area contributed by atoms with E-state index in [1.165, 1.54) is 12.3 Å². The van der Waals surface area contributed by atoms with Crippen molar-refractivity contribution in [2.24, 2.45) is 0 Å². The van der Waals surface area contributed by atoms with Gasteiger partial charge in [0.25, 0.3) is 5.82 Å². The fraction of sp³-hybridized carbons (Fsp3) is 0.263. The maximum Gasteiger partial charge on any atom is 0.416 e. The number of nitrogens with one attached hydrogen (secondary N) is 1. The van der Waals surface area contributed by atoms with E-state index < -0.39 is 11.7 Å². The molecule has 0 atom stereocenters. The maximum absolute atomic E-state index is 12.9. The standard InChI is InChI=1S/C19H18F3N5O/c20-19(21,22)15-5-3-4-14(12-15)16-13-23-18(24-16)26-10-8-25(9-11-26)17-6-1-2-7-27(17)28/h1-7,12-13H,8-11H2,(H,23,24). The highest BCUT2D eigenvalue weighted by atomic mass is 19.4. The van der Waals surface area contributed by atoms with Crippen molar-refractivity contribution in [3.63, 3.8) is 0 Å². The first-order valence-corrected chi connectivity index (χ1v) is 8.82. The lowest BCUT2D eigenvalue weighted by atomic mass is 10.1. The van der Waals surface area contributed by atoms with Crippen molar-refractivity contribution in [2.45, 2.75) is 6.18 Å². The van der Waals surface area contributed by atoms with Gasteiger partial charge in [0.1, 0.15) is 13.1 Å². The van der Waals surface area contributed by atoms with Crippen molar-refractivity contribution >= 4 is 11.8 Å². The van der Waals surface area contributed by atoms with Crippen LogP contribution < -0.4 is 14.5 Å². The number of rotatable bonds is 3. The molecule has 0 amide bonds. The second-order valence-corrected chi connectivity index (χ2v) is 6.56. The number of piperazine rings is 1. The number of halogens is 3. The predicted molar refractivity (Wildman–Crippen MR) is 98.9 cm³/mol. The highest BCUT2D eigenvalue weighted by Crippen LogP contribution is 2.32. The third-order valence-corrected chi connectivity index (χ3v) is 4.77. The average Bonchev–Trinajstić information content (AvgIpc) is 3.18. The lowest BCUT2D eigenvalue weighted by molar-refractivity contribution is -0.592. The van der Waals surface area contributed by atoms with E-state index in [0.29, 0.717) is 49.2 Å². The lowest BCUT2D eigenvalue weighted by Gasteiger charge is -2.31. The Hall–Kier alpha value is -3.23. The van der Waals surface area contributed by atoms with Crippen LogP contribution in [0, 0.1) is 5.21 Å². The summed E-state index contributed by atoms with van der Waals surface area (Å²) in [6.07, 6.45) is -1.37. The SMILES string of the molecule is [O-][n+]1ccccc1N1CCN(c2ncc(-c3cccc(C(F)(F)F)c3)[nH]2)CC1. The first-order valence-electron chi connectivity index (χ1n) is 8.82. The molecule has 0 radical (unpaired) electrons. The van der Waals surface area contributed by atoms with Gasteiger partial charge in [0, 0.05) is 11.6 Å². The largest absolute Gasteiger partial charge is 0.711 e. The molecule has 9 heteroatoms. The molecular formula is C19H18F3N5O. The van der Waals surface area contributed by atoms with Crippen LogP contribution in [0.4, 0.5) is 24.9 Å². The van der Waals surface area contributed by atoms with Gasteiger partial charge in [-0.3, -0.25) is 4.90 Å². The number of alkyl halides is 3. The van der Waals surface area contributed by atoms with Crippen LogP contribution in [0.3, 0.4) is 0 Å². The van der Waals surface area contributed by atoms with Crippen molar-refractivity contribution in [1.29, 1.82) is 0 Å². The predicted octanol–water partition coefficient (Wildman–Crippen LogP) is 3.06. The number of anilines is 2. The van der Waals surface area contributed by atoms with E-state index in [-0.39, 0.29) is 0 Å². The Morgan fingerprint density at radius 1 is 1.00 bits per heavy atom. The molecule has 1 aliphatic heterocycles. The summed E-state index contributed by atoms with van der Waals surface area (Å²) >= 11 is 0. The summed E-state index contributed by atoms with van der Waals surface area (Å²) in [5.74, 6) is 1.21. The third kappa shape index (κ3) is 3.60. The number of aromatic nitrogens is 3. The Bertz CT molecular complexity index is 964. The Balaban J connectivity index is 1.47. The van der Waals surface area contributed by atoms with Crippen molar-refractivity contribution in [2.75, 3.05) is 36.0 Å². The lowest BCUT2D eigenvalue weighted by Crippen LogP contribution is -2.50. The maximum atomic E-state index is 12.9. The molecule has 28 heavy (non-hydrogen) atoms. The van der Waals surface area contributed by atoms with Gasteiger partial charge in [0.2, 0.25) is 5.95 Å². The summed E-state index contributed by atoms with van der Waals surface area (Å²) in [7, 11) is 0. The molecule has 1 aliphatic rings. The fourth-order valence-electron chi connectivity index (χ4n) is 3.29. The van der Waals surface area contributed by atoms with Crippen molar-refractivity contribution in [3.8, 4) is 11.3 Å². The van der Waals surface area contributed by atoms with Crippen LogP contribution in [0.2, 0.25) is 0 Å². The molecule has 146 valence electrons. The van der Waals surface area contributed by atoms with E-state index in [1.54, 1.807) is 24.4 Å². The minimum atomic E-state index is -4.38. The number of hydrogen-bond acceptors (Lipinski definition) is 4. The Morgan fingerprint density at radius 3 is 2.46 bits per heavy atom. The molecule has 3 aromatic rings. The van der Waals surface area contributed by atoms with Crippen molar-refractivity contribution in [3.05, 3.63) is 65.6 Å². The van der Waals surface area contributed by atoms with Crippen LogP contribution in [0.15, 0.2) is 54.9 Å². The second-order valence-electron chi connectivity index (χ2n) is 6.56. The van der Waals surface area contributed by atoms with Crippen LogP contribution in [-0.4, -0.2) is 36.1 Å². The van der Waals surface area contributed by atoms with Gasteiger partial charge in [0.05, 0.1) is 36.7 Å². The number of pyridine rings is 1. The Kier molecular flexibility index (Phi) is 4.58. The van der Waals surface area contributed by atoms with Crippen LogP contribution in [0.1, 0.15) is 5.56 Å². The van der Waals surface area contributed by atoms with Crippen LogP contribution in [0.25, 0.3) is 11.3 Å². The topological polar surface area (TPSA) is 62.1 Å². The molecule has 0 saturated carbocycles. The van der Waals surface area contributed by atoms with Crippen molar-refractivity contribution in [1.82, 2.24) is 9.97 Å². The number of nitrogens with zero attached hydrogens (tertiary/aromatic N) is 4. The van der Waals surface area contributed by atoms with Crippen LogP contribution in [-0.2, 0) is 6.18 Å². The number of H-pyrrole nitrogens is 1. The molecule has 1 aromatic carbocycles. The minimum absolute atomic E-state index is 0.434. The fourth-order valence-corrected chi connectivity index (χ4v) is 3.29. The number of hydrogen-bond donors (Lipinski definition) is 1. The zero-order valence-corrected chi connectivity index (χ0v) is 14.9. The summed E-state index contributed by atoms with van der Waals surface area (Å²) in [6.45, 7) is 2.58. The summed E-state index contributed by atoms with van der Waals surface area (Å²) in [5, 5.41) is 11.9. The van der Waals surface area contributed by atoms with Crippen LogP contribution >= 0.6 is 0 Å². The Morgan fingerprint density at radius 2 is 1.75 bits per heavy atom. The highest BCUT2D eigenvalue weighted by Gasteiger charge is 2.31. The molecule has 1 saturated heterocycles. The average molecular weight is 389 g/mol. The molecular weight excluding hydrogens is 371 g/mol. The zero-order chi connectivity index (χ0) is 19.7.